The van der Waals surface area contributed by atoms with Crippen LogP contribution in [0.25, 0.3) is 11.1 Å². The molecule has 3 nitrogen and oxygen atoms in total. The lowest BCUT2D eigenvalue weighted by Gasteiger charge is -2.29. The van der Waals surface area contributed by atoms with Gasteiger partial charge in [-0.25, -0.2) is 4.57 Å². The summed E-state index contributed by atoms with van der Waals surface area (Å²) in [4.78, 5) is 10.5. The average molecular weight is 378 g/mol. The van der Waals surface area contributed by atoms with E-state index in [4.69, 9.17) is 4.52 Å². The fraction of sp³-hybridized carbons (Fsp3) is 0.217. The van der Waals surface area contributed by atoms with Gasteiger partial charge in [-0.2, -0.15) is 0 Å². The van der Waals surface area contributed by atoms with Crippen molar-refractivity contribution in [3.63, 3.8) is 0 Å². The molecule has 1 heterocycles. The van der Waals surface area contributed by atoms with Crippen LogP contribution in [0.1, 0.15) is 37.5 Å². The minimum Gasteiger partial charge on any atom is -0.420 e. The Morgan fingerprint density at radius 3 is 2.30 bits per heavy atom. The zero-order valence-corrected chi connectivity index (χ0v) is 16.7. The molecule has 1 unspecified atom stereocenters. The average Bonchev–Trinajstić information content (AvgIpc) is 2.62. The number of fused-ring (bicyclic) bond motifs is 3. The Bertz CT molecular complexity index is 1050. The molecule has 0 fully saturated rings. The molecule has 3 aromatic carbocycles. The fourth-order valence-electron chi connectivity index (χ4n) is 3.50. The number of hydrogen-bond acceptors (Lipinski definition) is 2. The molecule has 0 aliphatic carbocycles. The predicted molar refractivity (Wildman–Crippen MR) is 110 cm³/mol. The van der Waals surface area contributed by atoms with Crippen LogP contribution in [-0.4, -0.2) is 4.89 Å². The van der Waals surface area contributed by atoms with Crippen molar-refractivity contribution in [3.8, 4) is 16.9 Å². The second-order valence-corrected chi connectivity index (χ2v) is 9.76. The van der Waals surface area contributed by atoms with Crippen LogP contribution < -0.4 is 9.83 Å². The zero-order chi connectivity index (χ0) is 19.2. The Labute approximate surface area is 160 Å². The molecule has 0 saturated carbocycles. The second kappa shape index (κ2) is 6.37. The summed E-state index contributed by atoms with van der Waals surface area (Å²) in [5.74, 6) is 0.524. The van der Waals surface area contributed by atoms with Crippen molar-refractivity contribution in [2.75, 3.05) is 0 Å². The van der Waals surface area contributed by atoms with Gasteiger partial charge in [-0.15, -0.1) is 0 Å². The molecule has 0 amide bonds. The Morgan fingerprint density at radius 2 is 1.59 bits per heavy atom. The van der Waals surface area contributed by atoms with Crippen LogP contribution >= 0.6 is 7.60 Å². The van der Waals surface area contributed by atoms with Crippen molar-refractivity contribution in [2.45, 2.75) is 32.6 Å². The largest absolute Gasteiger partial charge is 0.420 e. The molecule has 1 aliphatic rings. The molecule has 0 saturated heterocycles. The molecule has 0 spiro atoms. The Morgan fingerprint density at radius 1 is 0.926 bits per heavy atom. The number of hydrogen-bond donors (Lipinski definition) is 1. The summed E-state index contributed by atoms with van der Waals surface area (Å²) in [7, 11) is -3.90. The van der Waals surface area contributed by atoms with Gasteiger partial charge >= 0.3 is 7.60 Å². The van der Waals surface area contributed by atoms with E-state index in [2.05, 4.69) is 45.0 Å². The molecule has 4 heteroatoms. The van der Waals surface area contributed by atoms with Crippen LogP contribution in [-0.2, 0) is 16.4 Å². The first kappa shape index (κ1) is 18.0. The highest BCUT2D eigenvalue weighted by Crippen LogP contribution is 2.54. The highest BCUT2D eigenvalue weighted by molar-refractivity contribution is 7.62. The maximum absolute atomic E-state index is 12.8. The van der Waals surface area contributed by atoms with Crippen LogP contribution in [0.4, 0.5) is 0 Å². The first-order valence-electron chi connectivity index (χ1n) is 9.09. The molecule has 1 aliphatic heterocycles. The smallest absolute Gasteiger partial charge is 0.408 e. The molecule has 3 aromatic rings. The maximum Gasteiger partial charge on any atom is 0.408 e. The summed E-state index contributed by atoms with van der Waals surface area (Å²) in [5.41, 5.74) is 4.89. The normalized spacial score (nSPS) is 18.4. The Kier molecular flexibility index (Phi) is 4.25. The van der Waals surface area contributed by atoms with E-state index in [-0.39, 0.29) is 5.41 Å². The van der Waals surface area contributed by atoms with Crippen LogP contribution in [0, 0.1) is 0 Å². The van der Waals surface area contributed by atoms with Gasteiger partial charge in [0, 0.05) is 17.5 Å². The summed E-state index contributed by atoms with van der Waals surface area (Å²) >= 11 is 0. The predicted octanol–water partition coefficient (Wildman–Crippen LogP) is 5.45. The van der Waals surface area contributed by atoms with E-state index in [1.165, 1.54) is 5.56 Å². The summed E-state index contributed by atoms with van der Waals surface area (Å²) in [6.07, 6.45) is 0.648. The molecule has 0 bridgehead atoms. The third kappa shape index (κ3) is 3.34. The molecule has 138 valence electrons. The molecule has 1 N–H and O–H groups in total. The van der Waals surface area contributed by atoms with Crippen molar-refractivity contribution < 1.29 is 14.0 Å². The van der Waals surface area contributed by atoms with E-state index < -0.39 is 7.60 Å². The van der Waals surface area contributed by atoms with E-state index in [1.807, 2.05) is 30.3 Å². The van der Waals surface area contributed by atoms with Gasteiger partial charge in [-0.05, 0) is 34.2 Å². The first-order valence-corrected chi connectivity index (χ1v) is 10.7. The molecule has 0 radical (unpaired) electrons. The van der Waals surface area contributed by atoms with Gasteiger partial charge < -0.3 is 9.42 Å². The monoisotopic (exact) mass is 378 g/mol. The topological polar surface area (TPSA) is 46.5 Å². The lowest BCUT2D eigenvalue weighted by atomic mass is 9.83. The lowest BCUT2D eigenvalue weighted by Crippen LogP contribution is -2.20. The van der Waals surface area contributed by atoms with Crippen LogP contribution in [0.5, 0.6) is 5.75 Å². The summed E-state index contributed by atoms with van der Waals surface area (Å²) in [5, 5.41) is 0.370. The maximum atomic E-state index is 12.8. The lowest BCUT2D eigenvalue weighted by molar-refractivity contribution is 0.390. The van der Waals surface area contributed by atoms with Crippen molar-refractivity contribution in [1.29, 1.82) is 0 Å². The van der Waals surface area contributed by atoms with Crippen molar-refractivity contribution in [3.05, 3.63) is 83.4 Å². The minimum absolute atomic E-state index is 0.0459. The molecular weight excluding hydrogens is 355 g/mol. The van der Waals surface area contributed by atoms with Crippen LogP contribution in [0.3, 0.4) is 0 Å². The second-order valence-electron chi connectivity index (χ2n) is 8.05. The molecule has 1 atom stereocenters. The fourth-order valence-corrected chi connectivity index (χ4v) is 4.83. The first-order chi connectivity index (χ1) is 12.8. The van der Waals surface area contributed by atoms with Gasteiger partial charge in [-0.3, -0.25) is 0 Å². The quantitative estimate of drug-likeness (QED) is 0.604. The van der Waals surface area contributed by atoms with Gasteiger partial charge in [0.05, 0.1) is 5.30 Å². The van der Waals surface area contributed by atoms with Gasteiger partial charge in [-0.1, -0.05) is 75.4 Å². The van der Waals surface area contributed by atoms with Crippen molar-refractivity contribution in [1.82, 2.24) is 0 Å². The third-order valence-corrected chi connectivity index (χ3v) is 6.41. The summed E-state index contributed by atoms with van der Waals surface area (Å²) in [6, 6.07) is 21.6. The minimum atomic E-state index is -3.90. The van der Waals surface area contributed by atoms with E-state index in [9.17, 15) is 9.46 Å². The van der Waals surface area contributed by atoms with Gasteiger partial charge in [0.15, 0.2) is 0 Å². The van der Waals surface area contributed by atoms with E-state index in [0.29, 0.717) is 17.5 Å². The van der Waals surface area contributed by atoms with Gasteiger partial charge in [0.2, 0.25) is 0 Å². The number of benzene rings is 3. The molecule has 27 heavy (non-hydrogen) atoms. The van der Waals surface area contributed by atoms with E-state index in [1.54, 1.807) is 12.1 Å². The van der Waals surface area contributed by atoms with E-state index in [0.717, 1.165) is 22.3 Å². The van der Waals surface area contributed by atoms with Crippen molar-refractivity contribution in [2.24, 2.45) is 0 Å². The Balaban J connectivity index is 1.97. The number of rotatable bonds is 2. The van der Waals surface area contributed by atoms with Gasteiger partial charge in [0.25, 0.3) is 0 Å². The summed E-state index contributed by atoms with van der Waals surface area (Å²) < 4.78 is 18.6. The third-order valence-electron chi connectivity index (χ3n) is 4.98. The van der Waals surface area contributed by atoms with Crippen LogP contribution in [0.2, 0.25) is 0 Å². The van der Waals surface area contributed by atoms with Gasteiger partial charge in [0.1, 0.15) is 5.75 Å². The van der Waals surface area contributed by atoms with Crippen molar-refractivity contribution >= 4 is 12.9 Å². The highest BCUT2D eigenvalue weighted by atomic mass is 31.2. The zero-order valence-electron chi connectivity index (χ0n) is 15.8. The van der Waals surface area contributed by atoms with E-state index >= 15 is 0 Å². The molecular formula is C23H23O3P. The highest BCUT2D eigenvalue weighted by Gasteiger charge is 2.36. The van der Waals surface area contributed by atoms with Crippen LogP contribution in [0.15, 0.2) is 66.7 Å². The molecule has 0 aromatic heterocycles. The Hall–Kier alpha value is -2.35. The standard InChI is InChI=1S/C23H23O3P/c1-23(2,3)18-14-17(13-16-9-5-4-6-10-16)22-20(15-18)19-11-7-8-12-21(19)27(24,25)26-22/h4-12,14-15H,13H2,1-3H3,(H,24,25). The SMILES string of the molecule is CC(C)(C)c1cc(Cc2ccccc2)c2c(c1)-c1ccccc1P(=O)(O)O2. The molecule has 4 rings (SSSR count). The summed E-state index contributed by atoms with van der Waals surface area (Å²) in [6.45, 7) is 6.52.